The van der Waals surface area contributed by atoms with E-state index in [4.69, 9.17) is 4.74 Å². The molecule has 0 spiro atoms. The van der Waals surface area contributed by atoms with Gasteiger partial charge >= 0.3 is 0 Å². The summed E-state index contributed by atoms with van der Waals surface area (Å²) in [4.78, 5) is 14.1. The molecule has 0 unspecified atom stereocenters. The first-order chi connectivity index (χ1) is 10.8. The molecule has 1 N–H and O–H groups in total. The Balaban J connectivity index is 1.58. The Kier molecular flexibility index (Phi) is 5.10. The molecule has 1 aliphatic heterocycles. The van der Waals surface area contributed by atoms with Gasteiger partial charge in [0, 0.05) is 39.0 Å². The topological polar surface area (TPSA) is 59.4 Å². The number of ether oxygens (including phenoxy) is 1. The van der Waals surface area contributed by atoms with Gasteiger partial charge in [-0.25, -0.2) is 0 Å². The van der Waals surface area contributed by atoms with Crippen LogP contribution in [0.4, 0.5) is 0 Å². The zero-order valence-corrected chi connectivity index (χ0v) is 13.3. The zero-order valence-electron chi connectivity index (χ0n) is 13.3. The lowest BCUT2D eigenvalue weighted by molar-refractivity contribution is -0.124. The third-order valence-electron chi connectivity index (χ3n) is 4.82. The number of nitrogens with zero attached hydrogens (tertiary/aromatic N) is 3. The Bertz CT molecular complexity index is 496. The van der Waals surface area contributed by atoms with Gasteiger partial charge in [-0.3, -0.25) is 14.4 Å². The van der Waals surface area contributed by atoms with Crippen LogP contribution in [0.15, 0.2) is 12.3 Å². The molecule has 1 aromatic heterocycles. The van der Waals surface area contributed by atoms with Crippen LogP contribution in [-0.4, -0.2) is 53.4 Å². The van der Waals surface area contributed by atoms with E-state index in [1.165, 1.54) is 38.5 Å². The maximum absolute atomic E-state index is 11.5. The summed E-state index contributed by atoms with van der Waals surface area (Å²) < 4.78 is 6.98. The van der Waals surface area contributed by atoms with Crippen LogP contribution in [0.2, 0.25) is 0 Å². The first-order valence-corrected chi connectivity index (χ1v) is 8.30. The Hall–Kier alpha value is -1.40. The zero-order chi connectivity index (χ0) is 15.4. The van der Waals surface area contributed by atoms with Crippen molar-refractivity contribution in [3.8, 4) is 0 Å². The number of rotatable bonds is 6. The van der Waals surface area contributed by atoms with Gasteiger partial charge in [-0.1, -0.05) is 12.8 Å². The molecule has 0 radical (unpaired) electrons. The van der Waals surface area contributed by atoms with Crippen molar-refractivity contribution < 1.29 is 9.53 Å². The maximum atomic E-state index is 11.5. The molecule has 1 saturated carbocycles. The summed E-state index contributed by atoms with van der Waals surface area (Å²) in [5.41, 5.74) is 1.30. The summed E-state index contributed by atoms with van der Waals surface area (Å²) >= 11 is 0. The lowest BCUT2D eigenvalue weighted by Crippen LogP contribution is -2.43. The van der Waals surface area contributed by atoms with Crippen LogP contribution in [-0.2, 0) is 16.1 Å². The normalized spacial score (nSPS) is 22.7. The van der Waals surface area contributed by atoms with E-state index in [1.807, 2.05) is 6.20 Å². The van der Waals surface area contributed by atoms with Gasteiger partial charge in [0.15, 0.2) is 0 Å². The van der Waals surface area contributed by atoms with Gasteiger partial charge < -0.3 is 10.1 Å². The summed E-state index contributed by atoms with van der Waals surface area (Å²) in [7, 11) is 1.54. The molecule has 1 fully saturated rings. The second-order valence-electron chi connectivity index (χ2n) is 6.36. The first kappa shape index (κ1) is 15.5. The molecule has 1 aromatic rings. The van der Waals surface area contributed by atoms with E-state index in [2.05, 4.69) is 26.1 Å². The number of nitrogens with one attached hydrogen (secondary N) is 1. The van der Waals surface area contributed by atoms with Crippen molar-refractivity contribution in [3.63, 3.8) is 0 Å². The molecule has 0 saturated heterocycles. The number of fused-ring (bicyclic) bond motifs is 1. The Labute approximate surface area is 131 Å². The fourth-order valence-electron chi connectivity index (χ4n) is 3.74. The number of carbonyl (C=O) groups is 1. The van der Waals surface area contributed by atoms with Crippen molar-refractivity contribution >= 4 is 5.91 Å². The van der Waals surface area contributed by atoms with E-state index < -0.39 is 0 Å². The quantitative estimate of drug-likeness (QED) is 0.861. The van der Waals surface area contributed by atoms with Crippen LogP contribution in [0, 0.1) is 0 Å². The minimum absolute atomic E-state index is 0.0494. The third-order valence-corrected chi connectivity index (χ3v) is 4.82. The SMILES string of the molecule is COCC(=O)NCC[C@@H]1CN(C2CCCC2)Cc2ccnn21. The van der Waals surface area contributed by atoms with Gasteiger partial charge in [0.25, 0.3) is 0 Å². The van der Waals surface area contributed by atoms with Crippen LogP contribution in [0.3, 0.4) is 0 Å². The van der Waals surface area contributed by atoms with Crippen molar-refractivity contribution in [1.29, 1.82) is 0 Å². The van der Waals surface area contributed by atoms with Crippen LogP contribution in [0.25, 0.3) is 0 Å². The molecule has 0 aromatic carbocycles. The number of methoxy groups -OCH3 is 1. The largest absolute Gasteiger partial charge is 0.375 e. The van der Waals surface area contributed by atoms with Gasteiger partial charge in [-0.05, 0) is 25.3 Å². The number of amides is 1. The summed E-state index contributed by atoms with van der Waals surface area (Å²) in [5.74, 6) is -0.0494. The Morgan fingerprint density at radius 1 is 1.45 bits per heavy atom. The average molecular weight is 306 g/mol. The molecule has 1 amide bonds. The molecule has 6 nitrogen and oxygen atoms in total. The van der Waals surface area contributed by atoms with Crippen LogP contribution in [0.5, 0.6) is 0 Å². The van der Waals surface area contributed by atoms with Crippen LogP contribution < -0.4 is 5.32 Å². The molecule has 0 bridgehead atoms. The monoisotopic (exact) mass is 306 g/mol. The van der Waals surface area contributed by atoms with Crippen molar-refractivity contribution in [2.24, 2.45) is 0 Å². The summed E-state index contributed by atoms with van der Waals surface area (Å²) in [6.45, 7) is 2.85. The molecule has 1 atom stereocenters. The van der Waals surface area contributed by atoms with E-state index in [9.17, 15) is 4.79 Å². The highest BCUT2D eigenvalue weighted by Gasteiger charge is 2.31. The van der Waals surface area contributed by atoms with Gasteiger partial charge in [0.05, 0.1) is 11.7 Å². The smallest absolute Gasteiger partial charge is 0.245 e. The molecule has 122 valence electrons. The average Bonchev–Trinajstić information content (AvgIpc) is 3.18. The van der Waals surface area contributed by atoms with Crippen LogP contribution in [0.1, 0.15) is 43.8 Å². The highest BCUT2D eigenvalue weighted by molar-refractivity contribution is 5.77. The molecule has 6 heteroatoms. The van der Waals surface area contributed by atoms with Crippen molar-refractivity contribution in [2.45, 2.75) is 50.7 Å². The molecule has 1 aliphatic carbocycles. The number of aromatic nitrogens is 2. The van der Waals surface area contributed by atoms with E-state index in [-0.39, 0.29) is 12.5 Å². The third kappa shape index (κ3) is 3.50. The second kappa shape index (κ2) is 7.24. The van der Waals surface area contributed by atoms with Gasteiger partial charge in [0.1, 0.15) is 6.61 Å². The molecular formula is C16H26N4O2. The van der Waals surface area contributed by atoms with Gasteiger partial charge in [0.2, 0.25) is 5.91 Å². The van der Waals surface area contributed by atoms with E-state index in [0.29, 0.717) is 12.6 Å². The summed E-state index contributed by atoms with van der Waals surface area (Å²) in [6, 6.07) is 3.20. The molecule has 2 heterocycles. The van der Waals surface area contributed by atoms with E-state index in [0.717, 1.165) is 25.6 Å². The summed E-state index contributed by atoms with van der Waals surface area (Å²) in [5, 5.41) is 7.40. The van der Waals surface area contributed by atoms with Crippen molar-refractivity contribution in [3.05, 3.63) is 18.0 Å². The van der Waals surface area contributed by atoms with Crippen molar-refractivity contribution in [1.82, 2.24) is 20.0 Å². The fourth-order valence-corrected chi connectivity index (χ4v) is 3.74. The Morgan fingerprint density at radius 3 is 3.05 bits per heavy atom. The molecule has 2 aliphatic rings. The fraction of sp³-hybridized carbons (Fsp3) is 0.750. The standard InChI is InChI=1S/C16H26N4O2/c1-22-12-16(21)17-8-6-14-10-19(13-4-2-3-5-13)11-15-7-9-18-20(14)15/h7,9,13-14H,2-6,8,10-12H2,1H3,(H,17,21)/t14-/m1/s1. The van der Waals surface area contributed by atoms with Gasteiger partial charge in [-0.15, -0.1) is 0 Å². The van der Waals surface area contributed by atoms with E-state index in [1.54, 1.807) is 0 Å². The minimum Gasteiger partial charge on any atom is -0.375 e. The molecule has 22 heavy (non-hydrogen) atoms. The number of carbonyl (C=O) groups excluding carboxylic acids is 1. The lowest BCUT2D eigenvalue weighted by Gasteiger charge is -2.37. The van der Waals surface area contributed by atoms with Gasteiger partial charge in [-0.2, -0.15) is 5.10 Å². The lowest BCUT2D eigenvalue weighted by atomic mass is 10.1. The minimum atomic E-state index is -0.0494. The molecular weight excluding hydrogens is 280 g/mol. The number of hydrogen-bond donors (Lipinski definition) is 1. The van der Waals surface area contributed by atoms with Crippen LogP contribution >= 0.6 is 0 Å². The Morgan fingerprint density at radius 2 is 2.27 bits per heavy atom. The number of hydrogen-bond acceptors (Lipinski definition) is 4. The predicted molar refractivity (Wildman–Crippen MR) is 83.4 cm³/mol. The highest BCUT2D eigenvalue weighted by atomic mass is 16.5. The molecule has 3 rings (SSSR count). The first-order valence-electron chi connectivity index (χ1n) is 8.30. The highest BCUT2D eigenvalue weighted by Crippen LogP contribution is 2.30. The summed E-state index contributed by atoms with van der Waals surface area (Å²) in [6.07, 6.45) is 8.17. The second-order valence-corrected chi connectivity index (χ2v) is 6.36. The van der Waals surface area contributed by atoms with Crippen molar-refractivity contribution in [2.75, 3.05) is 26.8 Å². The maximum Gasteiger partial charge on any atom is 0.245 e. The van der Waals surface area contributed by atoms with E-state index >= 15 is 0 Å². The predicted octanol–water partition coefficient (Wildman–Crippen LogP) is 1.34.